The van der Waals surface area contributed by atoms with Crippen molar-refractivity contribution in [3.8, 4) is 0 Å². The van der Waals surface area contributed by atoms with E-state index < -0.39 is 11.5 Å². The Morgan fingerprint density at radius 3 is 2.25 bits per heavy atom. The predicted molar refractivity (Wildman–Crippen MR) is 77.4 cm³/mol. The lowest BCUT2D eigenvalue weighted by molar-refractivity contribution is -0.158. The second-order valence-electron chi connectivity index (χ2n) is 6.33. The highest BCUT2D eigenvalue weighted by molar-refractivity contribution is 5.88. The molecule has 0 spiro atoms. The molecule has 20 heavy (non-hydrogen) atoms. The van der Waals surface area contributed by atoms with E-state index in [0.717, 1.165) is 32.1 Å². The third-order valence-corrected chi connectivity index (χ3v) is 5.19. The zero-order valence-electron chi connectivity index (χ0n) is 12.6. The van der Waals surface area contributed by atoms with E-state index in [-0.39, 0.29) is 11.8 Å². The highest BCUT2D eigenvalue weighted by Crippen LogP contribution is 2.36. The molecule has 1 aliphatic carbocycles. The van der Waals surface area contributed by atoms with Crippen LogP contribution in [0.4, 0.5) is 0 Å². The monoisotopic (exact) mass is 281 g/mol. The molecule has 1 aliphatic heterocycles. The van der Waals surface area contributed by atoms with Gasteiger partial charge >= 0.3 is 5.97 Å². The molecule has 1 saturated carbocycles. The van der Waals surface area contributed by atoms with Crippen LogP contribution in [0.1, 0.15) is 71.1 Å². The average molecular weight is 281 g/mol. The maximum Gasteiger partial charge on any atom is 0.329 e. The van der Waals surface area contributed by atoms with Gasteiger partial charge in [0.2, 0.25) is 5.91 Å². The smallest absolute Gasteiger partial charge is 0.329 e. The van der Waals surface area contributed by atoms with Crippen molar-refractivity contribution in [3.05, 3.63) is 0 Å². The molecule has 0 bridgehead atoms. The zero-order chi connectivity index (χ0) is 14.6. The van der Waals surface area contributed by atoms with Crippen molar-refractivity contribution in [2.24, 2.45) is 5.92 Å². The molecule has 2 fully saturated rings. The molecule has 0 aromatic heterocycles. The molecule has 0 aromatic carbocycles. The maximum atomic E-state index is 12.8. The number of rotatable bonds is 3. The Labute approximate surface area is 121 Å². The van der Waals surface area contributed by atoms with E-state index in [2.05, 4.69) is 0 Å². The molecule has 2 rings (SSSR count). The number of carbonyl (C=O) groups excluding carboxylic acids is 1. The molecule has 1 unspecified atom stereocenters. The molecular weight excluding hydrogens is 254 g/mol. The first-order valence-electron chi connectivity index (χ1n) is 8.16. The number of aliphatic carboxylic acids is 1. The fourth-order valence-corrected chi connectivity index (χ4v) is 3.86. The lowest BCUT2D eigenvalue weighted by Gasteiger charge is -2.36. The average Bonchev–Trinajstić information content (AvgIpc) is 2.82. The van der Waals surface area contributed by atoms with Crippen LogP contribution in [0.25, 0.3) is 0 Å². The van der Waals surface area contributed by atoms with Gasteiger partial charge in [-0.25, -0.2) is 4.79 Å². The van der Waals surface area contributed by atoms with Crippen molar-refractivity contribution < 1.29 is 14.7 Å². The summed E-state index contributed by atoms with van der Waals surface area (Å²) in [5.74, 6) is -0.663. The van der Waals surface area contributed by atoms with E-state index in [1.54, 1.807) is 4.90 Å². The minimum Gasteiger partial charge on any atom is -0.479 e. The second-order valence-corrected chi connectivity index (χ2v) is 6.33. The van der Waals surface area contributed by atoms with Gasteiger partial charge in [0.05, 0.1) is 0 Å². The Bertz CT molecular complexity index is 361. The number of likely N-dealkylation sites (tertiary alicyclic amines) is 1. The topological polar surface area (TPSA) is 57.6 Å². The van der Waals surface area contributed by atoms with E-state index in [0.29, 0.717) is 19.4 Å². The Morgan fingerprint density at radius 1 is 1.10 bits per heavy atom. The third kappa shape index (κ3) is 2.84. The lowest BCUT2D eigenvalue weighted by Crippen LogP contribution is -2.54. The molecule has 4 nitrogen and oxygen atoms in total. The SMILES string of the molecule is CCC1(C(=O)O)CCCN1C(=O)C1CCCCCCC1. The van der Waals surface area contributed by atoms with Gasteiger partial charge in [-0.1, -0.05) is 39.0 Å². The summed E-state index contributed by atoms with van der Waals surface area (Å²) in [6.45, 7) is 2.51. The van der Waals surface area contributed by atoms with E-state index in [4.69, 9.17) is 0 Å². The van der Waals surface area contributed by atoms with Crippen molar-refractivity contribution in [2.75, 3.05) is 6.54 Å². The minimum atomic E-state index is -0.931. The quantitative estimate of drug-likeness (QED) is 0.864. The van der Waals surface area contributed by atoms with Gasteiger partial charge in [0.1, 0.15) is 5.54 Å². The Morgan fingerprint density at radius 2 is 1.70 bits per heavy atom. The van der Waals surface area contributed by atoms with Crippen LogP contribution in [0.3, 0.4) is 0 Å². The van der Waals surface area contributed by atoms with Gasteiger partial charge in [0, 0.05) is 12.5 Å². The third-order valence-electron chi connectivity index (χ3n) is 5.19. The van der Waals surface area contributed by atoms with Crippen molar-refractivity contribution in [3.63, 3.8) is 0 Å². The lowest BCUT2D eigenvalue weighted by atomic mass is 9.87. The van der Waals surface area contributed by atoms with Crippen molar-refractivity contribution in [2.45, 2.75) is 76.7 Å². The van der Waals surface area contributed by atoms with E-state index >= 15 is 0 Å². The van der Waals surface area contributed by atoms with Crippen LogP contribution in [0.5, 0.6) is 0 Å². The van der Waals surface area contributed by atoms with Crippen LogP contribution in [-0.2, 0) is 9.59 Å². The van der Waals surface area contributed by atoms with Crippen LogP contribution >= 0.6 is 0 Å². The van der Waals surface area contributed by atoms with Crippen LogP contribution in [0.15, 0.2) is 0 Å². The molecule has 0 radical (unpaired) electrons. The van der Waals surface area contributed by atoms with Crippen LogP contribution in [-0.4, -0.2) is 34.0 Å². The molecule has 1 heterocycles. The summed E-state index contributed by atoms with van der Waals surface area (Å²) in [5, 5.41) is 9.59. The maximum absolute atomic E-state index is 12.8. The van der Waals surface area contributed by atoms with Gasteiger partial charge in [-0.3, -0.25) is 4.79 Å². The summed E-state index contributed by atoms with van der Waals surface area (Å²) in [6, 6.07) is 0. The number of hydrogen-bond acceptors (Lipinski definition) is 2. The first-order valence-corrected chi connectivity index (χ1v) is 8.16. The molecular formula is C16H27NO3. The van der Waals surface area contributed by atoms with Gasteiger partial charge in [-0.05, 0) is 32.1 Å². The Balaban J connectivity index is 2.11. The van der Waals surface area contributed by atoms with Crippen molar-refractivity contribution >= 4 is 11.9 Å². The van der Waals surface area contributed by atoms with Gasteiger partial charge in [0.25, 0.3) is 0 Å². The van der Waals surface area contributed by atoms with Gasteiger partial charge < -0.3 is 10.0 Å². The van der Waals surface area contributed by atoms with E-state index in [9.17, 15) is 14.7 Å². The largest absolute Gasteiger partial charge is 0.479 e. The number of carboxylic acid groups (broad SMARTS) is 1. The Hall–Kier alpha value is -1.06. The van der Waals surface area contributed by atoms with Gasteiger partial charge in [-0.2, -0.15) is 0 Å². The fourth-order valence-electron chi connectivity index (χ4n) is 3.86. The van der Waals surface area contributed by atoms with Crippen LogP contribution in [0, 0.1) is 5.92 Å². The fraction of sp³-hybridized carbons (Fsp3) is 0.875. The number of carboxylic acids is 1. The molecule has 1 saturated heterocycles. The molecule has 1 N–H and O–H groups in total. The normalized spacial score (nSPS) is 28.9. The highest BCUT2D eigenvalue weighted by Gasteiger charge is 2.49. The Kier molecular flexibility index (Phi) is 5.06. The highest BCUT2D eigenvalue weighted by atomic mass is 16.4. The summed E-state index contributed by atoms with van der Waals surface area (Å²) >= 11 is 0. The van der Waals surface area contributed by atoms with Crippen LogP contribution in [0.2, 0.25) is 0 Å². The molecule has 0 aromatic rings. The predicted octanol–water partition coefficient (Wildman–Crippen LogP) is 3.20. The van der Waals surface area contributed by atoms with E-state index in [1.807, 2.05) is 6.92 Å². The van der Waals surface area contributed by atoms with Gasteiger partial charge in [0.15, 0.2) is 0 Å². The van der Waals surface area contributed by atoms with Crippen molar-refractivity contribution in [1.29, 1.82) is 0 Å². The van der Waals surface area contributed by atoms with Gasteiger partial charge in [-0.15, -0.1) is 0 Å². The summed E-state index contributed by atoms with van der Waals surface area (Å²) in [7, 11) is 0. The standard InChI is InChI=1S/C16H27NO3/c1-2-16(15(19)20)11-8-12-17(16)14(18)13-9-6-4-3-5-7-10-13/h13H,2-12H2,1H3,(H,19,20). The second kappa shape index (κ2) is 6.59. The first kappa shape index (κ1) is 15.3. The molecule has 2 aliphatic rings. The molecule has 4 heteroatoms. The van der Waals surface area contributed by atoms with Crippen molar-refractivity contribution in [1.82, 2.24) is 4.90 Å². The molecule has 114 valence electrons. The minimum absolute atomic E-state index is 0.0543. The summed E-state index contributed by atoms with van der Waals surface area (Å²) in [6.07, 6.45) is 9.73. The zero-order valence-corrected chi connectivity index (χ0v) is 12.6. The number of amides is 1. The summed E-state index contributed by atoms with van der Waals surface area (Å²) < 4.78 is 0. The molecule has 1 atom stereocenters. The number of hydrogen-bond donors (Lipinski definition) is 1. The number of carbonyl (C=O) groups is 2. The van der Waals surface area contributed by atoms with Crippen LogP contribution < -0.4 is 0 Å². The summed E-state index contributed by atoms with van der Waals surface area (Å²) in [4.78, 5) is 26.2. The van der Waals surface area contributed by atoms with E-state index in [1.165, 1.54) is 19.3 Å². The summed E-state index contributed by atoms with van der Waals surface area (Å²) in [5.41, 5.74) is -0.931. The first-order chi connectivity index (χ1) is 9.62. The molecule has 1 amide bonds. The number of nitrogens with zero attached hydrogens (tertiary/aromatic N) is 1.